The van der Waals surface area contributed by atoms with Gasteiger partial charge in [0.2, 0.25) is 0 Å². The number of hydrogen-bond donors (Lipinski definition) is 1. The molecule has 3 unspecified atom stereocenters. The second-order valence-electron chi connectivity index (χ2n) is 6.74. The highest BCUT2D eigenvalue weighted by Gasteiger charge is 2.36. The summed E-state index contributed by atoms with van der Waals surface area (Å²) in [6, 6.07) is 6.70. The van der Waals surface area contributed by atoms with E-state index in [4.69, 9.17) is 5.73 Å². The summed E-state index contributed by atoms with van der Waals surface area (Å²) >= 11 is 0. The zero-order valence-electron chi connectivity index (χ0n) is 13.0. The van der Waals surface area contributed by atoms with Gasteiger partial charge in [0, 0.05) is 5.54 Å². The molecule has 1 aliphatic carbocycles. The highest BCUT2D eigenvalue weighted by atomic mass is 14.8. The third kappa shape index (κ3) is 3.02. The maximum absolute atomic E-state index is 6.80. The molecule has 1 nitrogen and oxygen atoms in total. The molecule has 0 bridgehead atoms. The molecule has 0 radical (unpaired) electrons. The number of nitrogens with two attached hydrogens (primary N) is 1. The SMILES string of the molecule is CCC1CCCC(C(C)(N)c2cc(C)ccc2C)C1. The van der Waals surface area contributed by atoms with Crippen molar-refractivity contribution in [2.24, 2.45) is 17.6 Å². The lowest BCUT2D eigenvalue weighted by Gasteiger charge is -2.41. The van der Waals surface area contributed by atoms with Crippen LogP contribution in [0.3, 0.4) is 0 Å². The smallest absolute Gasteiger partial charge is 0.0412 e. The van der Waals surface area contributed by atoms with Crippen LogP contribution in [0.4, 0.5) is 0 Å². The summed E-state index contributed by atoms with van der Waals surface area (Å²) in [7, 11) is 0. The molecule has 0 amide bonds. The zero-order chi connectivity index (χ0) is 14.0. The standard InChI is InChI=1S/C18H29N/c1-5-15-7-6-8-16(12-15)18(4,19)17-11-13(2)9-10-14(17)3/h9-11,15-16H,5-8,12,19H2,1-4H3. The summed E-state index contributed by atoms with van der Waals surface area (Å²) in [5, 5.41) is 0. The summed E-state index contributed by atoms with van der Waals surface area (Å²) in [6.07, 6.45) is 6.64. The number of hydrogen-bond acceptors (Lipinski definition) is 1. The van der Waals surface area contributed by atoms with Crippen LogP contribution in [0, 0.1) is 25.7 Å². The number of benzene rings is 1. The molecule has 1 heteroatoms. The van der Waals surface area contributed by atoms with Crippen molar-refractivity contribution in [1.29, 1.82) is 0 Å². The lowest BCUT2D eigenvalue weighted by Crippen LogP contribution is -2.44. The van der Waals surface area contributed by atoms with Gasteiger partial charge in [-0.3, -0.25) is 0 Å². The molecule has 0 aromatic heterocycles. The maximum atomic E-state index is 6.80. The minimum atomic E-state index is -0.177. The van der Waals surface area contributed by atoms with Crippen LogP contribution in [0.1, 0.15) is 62.6 Å². The normalized spacial score (nSPS) is 27.0. The van der Waals surface area contributed by atoms with Gasteiger partial charge in [-0.25, -0.2) is 0 Å². The van der Waals surface area contributed by atoms with E-state index in [1.807, 2.05) is 0 Å². The van der Waals surface area contributed by atoms with Crippen LogP contribution >= 0.6 is 0 Å². The Morgan fingerprint density at radius 1 is 1.26 bits per heavy atom. The van der Waals surface area contributed by atoms with E-state index in [0.29, 0.717) is 5.92 Å². The van der Waals surface area contributed by atoms with Gasteiger partial charge in [-0.1, -0.05) is 49.9 Å². The van der Waals surface area contributed by atoms with Gasteiger partial charge in [-0.15, -0.1) is 0 Å². The third-order valence-electron chi connectivity index (χ3n) is 5.18. The Morgan fingerprint density at radius 2 is 2.00 bits per heavy atom. The van der Waals surface area contributed by atoms with Crippen molar-refractivity contribution in [1.82, 2.24) is 0 Å². The van der Waals surface area contributed by atoms with Gasteiger partial charge in [0.15, 0.2) is 0 Å². The van der Waals surface area contributed by atoms with Crippen LogP contribution in [0.5, 0.6) is 0 Å². The molecule has 106 valence electrons. The predicted octanol–water partition coefficient (Wildman–Crippen LogP) is 4.69. The fourth-order valence-corrected chi connectivity index (χ4v) is 3.74. The van der Waals surface area contributed by atoms with Crippen LogP contribution in [-0.2, 0) is 5.54 Å². The van der Waals surface area contributed by atoms with Crippen LogP contribution in [0.25, 0.3) is 0 Å². The second-order valence-corrected chi connectivity index (χ2v) is 6.74. The molecule has 0 heterocycles. The van der Waals surface area contributed by atoms with E-state index in [0.717, 1.165) is 5.92 Å². The molecule has 1 aromatic carbocycles. The molecule has 3 atom stereocenters. The van der Waals surface area contributed by atoms with E-state index in [1.165, 1.54) is 48.8 Å². The molecular formula is C18H29N. The molecule has 1 aromatic rings. The van der Waals surface area contributed by atoms with Gasteiger partial charge >= 0.3 is 0 Å². The summed E-state index contributed by atoms with van der Waals surface area (Å²) in [5.74, 6) is 1.51. The van der Waals surface area contributed by atoms with Crippen LogP contribution in [0.15, 0.2) is 18.2 Å². The Bertz CT molecular complexity index is 433. The van der Waals surface area contributed by atoms with Crippen LogP contribution in [0.2, 0.25) is 0 Å². The molecule has 0 aliphatic heterocycles. The molecule has 1 fully saturated rings. The fourth-order valence-electron chi connectivity index (χ4n) is 3.74. The summed E-state index contributed by atoms with van der Waals surface area (Å²) < 4.78 is 0. The summed E-state index contributed by atoms with van der Waals surface area (Å²) in [6.45, 7) is 8.92. The van der Waals surface area contributed by atoms with Crippen molar-refractivity contribution in [3.63, 3.8) is 0 Å². The van der Waals surface area contributed by atoms with Gasteiger partial charge in [0.25, 0.3) is 0 Å². The monoisotopic (exact) mass is 259 g/mol. The average molecular weight is 259 g/mol. The van der Waals surface area contributed by atoms with E-state index < -0.39 is 0 Å². The zero-order valence-corrected chi connectivity index (χ0v) is 13.0. The fraction of sp³-hybridized carbons (Fsp3) is 0.667. The Balaban J connectivity index is 2.27. The van der Waals surface area contributed by atoms with Gasteiger partial charge < -0.3 is 5.73 Å². The lowest BCUT2D eigenvalue weighted by atomic mass is 9.68. The first-order valence-electron chi connectivity index (χ1n) is 7.81. The van der Waals surface area contributed by atoms with Crippen molar-refractivity contribution in [3.8, 4) is 0 Å². The van der Waals surface area contributed by atoms with Gasteiger partial charge in [-0.2, -0.15) is 0 Å². The van der Waals surface area contributed by atoms with Crippen molar-refractivity contribution in [2.75, 3.05) is 0 Å². The second kappa shape index (κ2) is 5.66. The summed E-state index contributed by atoms with van der Waals surface area (Å²) in [4.78, 5) is 0. The lowest BCUT2D eigenvalue weighted by molar-refractivity contribution is 0.173. The van der Waals surface area contributed by atoms with E-state index in [9.17, 15) is 0 Å². The van der Waals surface area contributed by atoms with Crippen molar-refractivity contribution >= 4 is 0 Å². The Morgan fingerprint density at radius 3 is 2.68 bits per heavy atom. The third-order valence-corrected chi connectivity index (χ3v) is 5.18. The van der Waals surface area contributed by atoms with E-state index in [-0.39, 0.29) is 5.54 Å². The minimum absolute atomic E-state index is 0.177. The molecule has 2 N–H and O–H groups in total. The molecule has 1 aliphatic rings. The predicted molar refractivity (Wildman–Crippen MR) is 83.2 cm³/mol. The van der Waals surface area contributed by atoms with Gasteiger partial charge in [0.1, 0.15) is 0 Å². The number of aryl methyl sites for hydroxylation is 2. The van der Waals surface area contributed by atoms with E-state index >= 15 is 0 Å². The van der Waals surface area contributed by atoms with Gasteiger partial charge in [0.05, 0.1) is 0 Å². The van der Waals surface area contributed by atoms with Crippen LogP contribution < -0.4 is 5.73 Å². The quantitative estimate of drug-likeness (QED) is 0.837. The topological polar surface area (TPSA) is 26.0 Å². The number of rotatable bonds is 3. The minimum Gasteiger partial charge on any atom is -0.321 e. The maximum Gasteiger partial charge on any atom is 0.0412 e. The molecule has 1 saturated carbocycles. The Labute approximate surface area is 118 Å². The first kappa shape index (κ1) is 14.6. The van der Waals surface area contributed by atoms with E-state index in [1.54, 1.807) is 0 Å². The molecular weight excluding hydrogens is 230 g/mol. The first-order chi connectivity index (χ1) is 8.95. The van der Waals surface area contributed by atoms with Gasteiger partial charge in [-0.05, 0) is 56.6 Å². The van der Waals surface area contributed by atoms with Crippen LogP contribution in [-0.4, -0.2) is 0 Å². The average Bonchev–Trinajstić information content (AvgIpc) is 2.41. The highest BCUT2D eigenvalue weighted by Crippen LogP contribution is 2.41. The summed E-state index contributed by atoms with van der Waals surface area (Å²) in [5.41, 5.74) is 10.6. The Kier molecular flexibility index (Phi) is 4.35. The van der Waals surface area contributed by atoms with Crippen molar-refractivity contribution in [3.05, 3.63) is 34.9 Å². The highest BCUT2D eigenvalue weighted by molar-refractivity contribution is 5.36. The Hall–Kier alpha value is -0.820. The largest absolute Gasteiger partial charge is 0.321 e. The van der Waals surface area contributed by atoms with E-state index in [2.05, 4.69) is 45.9 Å². The molecule has 2 rings (SSSR count). The van der Waals surface area contributed by atoms with Crippen molar-refractivity contribution < 1.29 is 0 Å². The first-order valence-corrected chi connectivity index (χ1v) is 7.81. The molecule has 0 spiro atoms. The molecule has 19 heavy (non-hydrogen) atoms. The van der Waals surface area contributed by atoms with Crippen molar-refractivity contribution in [2.45, 2.75) is 65.3 Å². The molecule has 0 saturated heterocycles.